The number of rotatable bonds is 7. The van der Waals surface area contributed by atoms with Gasteiger partial charge in [-0.05, 0) is 50.7 Å². The summed E-state index contributed by atoms with van der Waals surface area (Å²) in [6.45, 7) is 2.80. The third-order valence-corrected chi connectivity index (χ3v) is 7.79. The largest absolute Gasteiger partial charge is 0.309 e. The van der Waals surface area contributed by atoms with Crippen LogP contribution < -0.4 is 5.32 Å². The van der Waals surface area contributed by atoms with Gasteiger partial charge in [-0.2, -0.15) is 4.31 Å². The highest BCUT2D eigenvalue weighted by atomic mass is 32.2. The Morgan fingerprint density at radius 1 is 1.35 bits per heavy atom. The second-order valence-corrected chi connectivity index (χ2v) is 9.37. The Labute approximate surface area is 125 Å². The Bertz CT molecular complexity index is 574. The minimum absolute atomic E-state index is 0.107. The second-order valence-electron chi connectivity index (χ2n) is 5.98. The summed E-state index contributed by atoms with van der Waals surface area (Å²) in [4.78, 5) is 1.10. The zero-order chi connectivity index (χ0) is 14.3. The lowest BCUT2D eigenvalue weighted by atomic mass is 10.2. The van der Waals surface area contributed by atoms with Gasteiger partial charge in [-0.1, -0.05) is 0 Å². The van der Waals surface area contributed by atoms with Crippen LogP contribution in [0.25, 0.3) is 0 Å². The number of nitrogens with one attached hydrogen (secondary N) is 1. The van der Waals surface area contributed by atoms with Gasteiger partial charge in [0.2, 0.25) is 0 Å². The van der Waals surface area contributed by atoms with E-state index < -0.39 is 10.0 Å². The topological polar surface area (TPSA) is 49.4 Å². The van der Waals surface area contributed by atoms with Gasteiger partial charge in [0.15, 0.2) is 0 Å². The molecular formula is C14H22N2O2S2. The van der Waals surface area contributed by atoms with E-state index in [1.165, 1.54) is 24.2 Å². The highest BCUT2D eigenvalue weighted by Gasteiger charge is 2.36. The molecule has 2 fully saturated rings. The average Bonchev–Trinajstić information content (AvgIpc) is 3.34. The van der Waals surface area contributed by atoms with E-state index in [0.29, 0.717) is 16.2 Å². The molecule has 2 aliphatic carbocycles. The number of hydrogen-bond donors (Lipinski definition) is 1. The summed E-state index contributed by atoms with van der Waals surface area (Å²) < 4.78 is 27.2. The normalized spacial score (nSPS) is 21.4. The second kappa shape index (κ2) is 5.40. The molecule has 0 saturated heterocycles. The summed E-state index contributed by atoms with van der Waals surface area (Å²) in [5.41, 5.74) is 0. The summed E-state index contributed by atoms with van der Waals surface area (Å²) in [5, 5.41) is 3.42. The summed E-state index contributed by atoms with van der Waals surface area (Å²) in [5.74, 6) is 0.547. The van der Waals surface area contributed by atoms with Gasteiger partial charge in [0.1, 0.15) is 4.21 Å². The fourth-order valence-corrected chi connectivity index (χ4v) is 5.28. The van der Waals surface area contributed by atoms with Crippen molar-refractivity contribution >= 4 is 21.4 Å². The highest BCUT2D eigenvalue weighted by Crippen LogP contribution is 2.37. The Balaban J connectivity index is 1.69. The molecule has 2 saturated carbocycles. The van der Waals surface area contributed by atoms with Gasteiger partial charge in [-0.3, -0.25) is 0 Å². The minimum atomic E-state index is -3.32. The molecule has 1 heterocycles. The zero-order valence-electron chi connectivity index (χ0n) is 12.0. The van der Waals surface area contributed by atoms with Crippen LogP contribution in [0.2, 0.25) is 0 Å². The van der Waals surface area contributed by atoms with E-state index in [1.54, 1.807) is 17.4 Å². The fourth-order valence-electron chi connectivity index (χ4n) is 2.36. The van der Waals surface area contributed by atoms with Gasteiger partial charge in [-0.15, -0.1) is 11.3 Å². The van der Waals surface area contributed by atoms with Gasteiger partial charge < -0.3 is 5.32 Å². The van der Waals surface area contributed by atoms with E-state index in [9.17, 15) is 8.42 Å². The Kier molecular flexibility index (Phi) is 3.92. The molecule has 2 aliphatic rings. The lowest BCUT2D eigenvalue weighted by Gasteiger charge is -2.23. The summed E-state index contributed by atoms with van der Waals surface area (Å²) >= 11 is 1.40. The molecule has 1 N–H and O–H groups in total. The summed E-state index contributed by atoms with van der Waals surface area (Å²) in [6.07, 6.45) is 4.81. The van der Waals surface area contributed by atoms with Crippen LogP contribution in [-0.4, -0.2) is 31.9 Å². The molecule has 3 rings (SSSR count). The third kappa shape index (κ3) is 3.08. The first-order chi connectivity index (χ1) is 9.48. The Morgan fingerprint density at radius 2 is 2.05 bits per heavy atom. The SMILES string of the molecule is CC(C1CC1)N(C)S(=O)(=O)c1ccc(CNC2CC2)s1. The van der Waals surface area contributed by atoms with Gasteiger partial charge in [0.05, 0.1) is 0 Å². The highest BCUT2D eigenvalue weighted by molar-refractivity contribution is 7.91. The van der Waals surface area contributed by atoms with Crippen molar-refractivity contribution in [2.75, 3.05) is 7.05 Å². The first kappa shape index (κ1) is 14.5. The third-order valence-electron chi connectivity index (χ3n) is 4.29. The van der Waals surface area contributed by atoms with Crippen LogP contribution in [-0.2, 0) is 16.6 Å². The molecule has 1 aromatic heterocycles. The van der Waals surface area contributed by atoms with Crippen molar-refractivity contribution in [1.29, 1.82) is 0 Å². The summed E-state index contributed by atoms with van der Waals surface area (Å²) in [6, 6.07) is 4.44. The monoisotopic (exact) mass is 314 g/mol. The fraction of sp³-hybridized carbons (Fsp3) is 0.714. The van der Waals surface area contributed by atoms with Crippen LogP contribution in [0.3, 0.4) is 0 Å². The molecule has 0 bridgehead atoms. The van der Waals surface area contributed by atoms with Gasteiger partial charge in [0.25, 0.3) is 10.0 Å². The Morgan fingerprint density at radius 3 is 2.65 bits per heavy atom. The van der Waals surface area contributed by atoms with E-state index in [4.69, 9.17) is 0 Å². The van der Waals surface area contributed by atoms with E-state index in [0.717, 1.165) is 24.3 Å². The zero-order valence-corrected chi connectivity index (χ0v) is 13.6. The van der Waals surface area contributed by atoms with Crippen LogP contribution in [0.15, 0.2) is 16.3 Å². The van der Waals surface area contributed by atoms with Crippen molar-refractivity contribution in [3.05, 3.63) is 17.0 Å². The lowest BCUT2D eigenvalue weighted by molar-refractivity contribution is 0.358. The number of thiophene rings is 1. The van der Waals surface area contributed by atoms with Crippen molar-refractivity contribution in [3.8, 4) is 0 Å². The number of nitrogens with zero attached hydrogens (tertiary/aromatic N) is 1. The number of hydrogen-bond acceptors (Lipinski definition) is 4. The molecule has 1 unspecified atom stereocenters. The van der Waals surface area contributed by atoms with Crippen molar-refractivity contribution in [1.82, 2.24) is 9.62 Å². The van der Waals surface area contributed by atoms with Crippen LogP contribution >= 0.6 is 11.3 Å². The van der Waals surface area contributed by atoms with Crippen molar-refractivity contribution in [2.45, 2.75) is 55.4 Å². The predicted octanol–water partition coefficient (Wildman–Crippen LogP) is 2.42. The smallest absolute Gasteiger partial charge is 0.252 e. The molecule has 20 heavy (non-hydrogen) atoms. The first-order valence-electron chi connectivity index (χ1n) is 7.28. The molecule has 0 radical (unpaired) electrons. The van der Waals surface area contributed by atoms with Crippen molar-refractivity contribution in [2.24, 2.45) is 5.92 Å². The molecule has 4 nitrogen and oxygen atoms in total. The molecule has 1 aromatic rings. The number of sulfonamides is 1. The van der Waals surface area contributed by atoms with Gasteiger partial charge in [-0.25, -0.2) is 8.42 Å². The van der Waals surface area contributed by atoms with E-state index in [1.807, 2.05) is 13.0 Å². The van der Waals surface area contributed by atoms with Crippen LogP contribution in [0.1, 0.15) is 37.5 Å². The minimum Gasteiger partial charge on any atom is -0.309 e. The van der Waals surface area contributed by atoms with E-state index >= 15 is 0 Å². The van der Waals surface area contributed by atoms with Crippen LogP contribution in [0.5, 0.6) is 0 Å². The van der Waals surface area contributed by atoms with Gasteiger partial charge >= 0.3 is 0 Å². The lowest BCUT2D eigenvalue weighted by Crippen LogP contribution is -2.36. The average molecular weight is 314 g/mol. The molecule has 6 heteroatoms. The van der Waals surface area contributed by atoms with Gasteiger partial charge in [0, 0.05) is 30.6 Å². The summed E-state index contributed by atoms with van der Waals surface area (Å²) in [7, 11) is -1.61. The first-order valence-corrected chi connectivity index (χ1v) is 9.54. The van der Waals surface area contributed by atoms with E-state index in [2.05, 4.69) is 5.32 Å². The van der Waals surface area contributed by atoms with Crippen molar-refractivity contribution < 1.29 is 8.42 Å². The Hall–Kier alpha value is -0.430. The van der Waals surface area contributed by atoms with E-state index in [-0.39, 0.29) is 6.04 Å². The maximum atomic E-state index is 12.6. The van der Waals surface area contributed by atoms with Crippen LogP contribution in [0, 0.1) is 5.92 Å². The molecular weight excluding hydrogens is 292 g/mol. The maximum Gasteiger partial charge on any atom is 0.252 e. The molecule has 1 atom stereocenters. The quantitative estimate of drug-likeness (QED) is 0.841. The molecule has 0 spiro atoms. The van der Waals surface area contributed by atoms with Crippen LogP contribution in [0.4, 0.5) is 0 Å². The molecule has 0 aromatic carbocycles. The predicted molar refractivity (Wildman–Crippen MR) is 81.3 cm³/mol. The molecule has 0 amide bonds. The standard InChI is InChI=1S/C14H22N2O2S2/c1-10(11-3-4-11)16(2)20(17,18)14-8-7-13(19-14)9-15-12-5-6-12/h7-8,10-12,15H,3-6,9H2,1-2H3. The molecule has 0 aliphatic heterocycles. The maximum absolute atomic E-state index is 12.6. The molecule has 112 valence electrons. The van der Waals surface area contributed by atoms with Crippen molar-refractivity contribution in [3.63, 3.8) is 0 Å².